The van der Waals surface area contributed by atoms with E-state index in [1.807, 2.05) is 30.3 Å². The van der Waals surface area contributed by atoms with E-state index in [1.165, 1.54) is 0 Å². The zero-order valence-electron chi connectivity index (χ0n) is 12.8. The normalized spacial score (nSPS) is 15.5. The van der Waals surface area contributed by atoms with Crippen molar-refractivity contribution < 1.29 is 5.80 Å². The third kappa shape index (κ3) is 4.64. The van der Waals surface area contributed by atoms with Gasteiger partial charge in [-0.25, -0.2) is 0 Å². The molecular formula is C15H26OSi. The molecule has 0 aromatic heterocycles. The van der Waals surface area contributed by atoms with Crippen molar-refractivity contribution in [2.24, 2.45) is 0 Å². The minimum absolute atomic E-state index is 0.170. The molecule has 1 rings (SSSR count). The van der Waals surface area contributed by atoms with Crippen molar-refractivity contribution in [2.75, 3.05) is 6.61 Å². The Labute approximate surface area is 109 Å². The van der Waals surface area contributed by atoms with Crippen molar-refractivity contribution in [3.8, 4) is 0 Å². The Balaban J connectivity index is 2.43. The van der Waals surface area contributed by atoms with Crippen molar-refractivity contribution in [3.63, 3.8) is 0 Å². The molecule has 1 aromatic rings. The number of rotatable bonds is 5. The first-order valence-electron chi connectivity index (χ1n) is 6.93. The van der Waals surface area contributed by atoms with Crippen LogP contribution in [0.15, 0.2) is 30.3 Å². The molecular weight excluding hydrogens is 224 g/mol. The highest BCUT2D eigenvalue weighted by Gasteiger charge is 2.36. The summed E-state index contributed by atoms with van der Waals surface area (Å²) in [5.41, 5.74) is 1.08. The monoisotopic (exact) mass is 251 g/mol. The van der Waals surface area contributed by atoms with Crippen molar-refractivity contribution in [2.45, 2.75) is 51.7 Å². The van der Waals surface area contributed by atoms with Crippen LogP contribution in [0.4, 0.5) is 0 Å². The van der Waals surface area contributed by atoms with Crippen LogP contribution in [0.3, 0.4) is 0 Å². The van der Waals surface area contributed by atoms with Crippen LogP contribution >= 0.6 is 0 Å². The summed E-state index contributed by atoms with van der Waals surface area (Å²) < 4.78 is 14.2. The predicted octanol–water partition coefficient (Wildman–Crippen LogP) is 4.64. The number of hydrogen-bond acceptors (Lipinski definition) is 1. The van der Waals surface area contributed by atoms with Crippen LogP contribution < -0.4 is 0 Å². The van der Waals surface area contributed by atoms with E-state index in [2.05, 4.69) is 33.9 Å². The standard InChI is InChI=1S/C15H26OSi/c1-15(2,3)17(4,5)16-13-9-12-14-10-7-6-8-11-14/h6-8,10-11H,9,12-13H2,1-5H3/i12D. The van der Waals surface area contributed by atoms with E-state index >= 15 is 0 Å². The van der Waals surface area contributed by atoms with Gasteiger partial charge in [-0.1, -0.05) is 51.1 Å². The Bertz CT molecular complexity index is 357. The van der Waals surface area contributed by atoms with E-state index < -0.39 is 8.32 Å². The average Bonchev–Trinajstić information content (AvgIpc) is 2.28. The topological polar surface area (TPSA) is 9.23 Å². The smallest absolute Gasteiger partial charge is 0.191 e. The molecule has 0 spiro atoms. The van der Waals surface area contributed by atoms with Gasteiger partial charge in [-0.15, -0.1) is 0 Å². The lowest BCUT2D eigenvalue weighted by molar-refractivity contribution is 0.282. The molecule has 0 bridgehead atoms. The molecule has 0 radical (unpaired) electrons. The maximum absolute atomic E-state index is 8.11. The Morgan fingerprint density at radius 2 is 1.76 bits per heavy atom. The average molecular weight is 251 g/mol. The van der Waals surface area contributed by atoms with E-state index in [9.17, 15) is 0 Å². The van der Waals surface area contributed by atoms with Crippen molar-refractivity contribution in [3.05, 3.63) is 35.9 Å². The number of aryl methyl sites for hydroxylation is 1. The Kier molecular flexibility index (Phi) is 4.40. The van der Waals surface area contributed by atoms with Crippen LogP contribution in [-0.2, 0) is 10.8 Å². The van der Waals surface area contributed by atoms with Gasteiger partial charge in [0.05, 0.1) is 0 Å². The number of hydrogen-bond donors (Lipinski definition) is 0. The maximum Gasteiger partial charge on any atom is 0.191 e. The summed E-state index contributed by atoms with van der Waals surface area (Å²) in [5.74, 6) is 0. The lowest BCUT2D eigenvalue weighted by atomic mass is 10.1. The molecule has 1 atom stereocenters. The summed E-state index contributed by atoms with van der Waals surface area (Å²) in [7, 11) is -1.66. The van der Waals surface area contributed by atoms with E-state index in [1.54, 1.807) is 0 Å². The zero-order valence-corrected chi connectivity index (χ0v) is 12.8. The fourth-order valence-electron chi connectivity index (χ4n) is 1.35. The first-order chi connectivity index (χ1) is 8.24. The predicted molar refractivity (Wildman–Crippen MR) is 77.9 cm³/mol. The van der Waals surface area contributed by atoms with Gasteiger partial charge < -0.3 is 4.43 Å². The van der Waals surface area contributed by atoms with E-state index in [4.69, 9.17) is 5.80 Å². The fourth-order valence-corrected chi connectivity index (χ4v) is 2.41. The summed E-state index contributed by atoms with van der Waals surface area (Å²) in [6.45, 7) is 11.9. The molecule has 0 N–H and O–H groups in total. The lowest BCUT2D eigenvalue weighted by Gasteiger charge is -2.36. The minimum Gasteiger partial charge on any atom is -0.417 e. The molecule has 2 heteroatoms. The van der Waals surface area contributed by atoms with Gasteiger partial charge in [-0.05, 0) is 36.5 Å². The zero-order chi connectivity index (χ0) is 13.8. The molecule has 0 amide bonds. The molecule has 1 aromatic carbocycles. The molecule has 1 nitrogen and oxygen atoms in total. The van der Waals surface area contributed by atoms with E-state index in [-0.39, 0.29) is 11.4 Å². The summed E-state index contributed by atoms with van der Waals surface area (Å²) in [4.78, 5) is 0. The highest BCUT2D eigenvalue weighted by Crippen LogP contribution is 2.36. The summed E-state index contributed by atoms with van der Waals surface area (Å²) in [6.07, 6.45) is 0.604. The van der Waals surface area contributed by atoms with Crippen molar-refractivity contribution in [1.29, 1.82) is 0 Å². The molecule has 0 heterocycles. The van der Waals surface area contributed by atoms with Crippen molar-refractivity contribution in [1.82, 2.24) is 0 Å². The van der Waals surface area contributed by atoms with E-state index in [0.717, 1.165) is 12.0 Å². The van der Waals surface area contributed by atoms with Crippen LogP contribution in [0.2, 0.25) is 18.1 Å². The van der Waals surface area contributed by atoms with Gasteiger partial charge in [0, 0.05) is 7.98 Å². The molecule has 0 aliphatic heterocycles. The maximum atomic E-state index is 8.11. The van der Waals surface area contributed by atoms with Crippen LogP contribution in [0.5, 0.6) is 0 Å². The molecule has 1 unspecified atom stereocenters. The second-order valence-electron chi connectivity index (χ2n) is 6.01. The molecule has 0 aliphatic carbocycles. The van der Waals surface area contributed by atoms with Gasteiger partial charge >= 0.3 is 0 Å². The third-order valence-electron chi connectivity index (χ3n) is 3.57. The Morgan fingerprint density at radius 3 is 2.29 bits per heavy atom. The van der Waals surface area contributed by atoms with Gasteiger partial charge in [0.1, 0.15) is 0 Å². The lowest BCUT2D eigenvalue weighted by Crippen LogP contribution is -2.41. The van der Waals surface area contributed by atoms with Gasteiger partial charge in [0.2, 0.25) is 0 Å². The van der Waals surface area contributed by atoms with Gasteiger partial charge in [0.25, 0.3) is 0 Å². The highest BCUT2D eigenvalue weighted by atomic mass is 28.4. The van der Waals surface area contributed by atoms with Crippen LogP contribution in [0.25, 0.3) is 0 Å². The second-order valence-corrected chi connectivity index (χ2v) is 10.8. The largest absolute Gasteiger partial charge is 0.417 e. The molecule has 0 saturated heterocycles. The highest BCUT2D eigenvalue weighted by molar-refractivity contribution is 6.74. The first-order valence-corrected chi connectivity index (χ1v) is 9.26. The summed E-state index contributed by atoms with van der Waals surface area (Å²) in [6, 6.07) is 10.0. The summed E-state index contributed by atoms with van der Waals surface area (Å²) in [5, 5.41) is 0.247. The van der Waals surface area contributed by atoms with Crippen molar-refractivity contribution >= 4 is 8.32 Å². The van der Waals surface area contributed by atoms with Crippen LogP contribution in [0.1, 0.15) is 34.1 Å². The summed E-state index contributed by atoms with van der Waals surface area (Å²) >= 11 is 0. The Hall–Kier alpha value is -0.603. The quantitative estimate of drug-likeness (QED) is 0.693. The van der Waals surface area contributed by atoms with Gasteiger partial charge in [0.15, 0.2) is 8.32 Å². The second kappa shape index (κ2) is 5.83. The molecule has 0 saturated carbocycles. The Morgan fingerprint density at radius 1 is 1.18 bits per heavy atom. The van der Waals surface area contributed by atoms with Gasteiger partial charge in [-0.3, -0.25) is 0 Å². The fraction of sp³-hybridized carbons (Fsp3) is 0.600. The third-order valence-corrected chi connectivity index (χ3v) is 8.10. The molecule has 17 heavy (non-hydrogen) atoms. The van der Waals surface area contributed by atoms with Crippen LogP contribution in [-0.4, -0.2) is 14.9 Å². The first kappa shape index (κ1) is 12.8. The van der Waals surface area contributed by atoms with Gasteiger partial charge in [-0.2, -0.15) is 0 Å². The molecule has 0 aliphatic rings. The molecule has 96 valence electrons. The van der Waals surface area contributed by atoms with Crippen LogP contribution in [0, 0.1) is 0 Å². The number of benzene rings is 1. The SMILES string of the molecule is [2H]C(CCO[Si](C)(C)C(C)(C)C)c1ccccc1. The molecule has 0 fully saturated rings. The minimum atomic E-state index is -1.66. The van der Waals surface area contributed by atoms with E-state index in [0.29, 0.717) is 6.61 Å².